The van der Waals surface area contributed by atoms with E-state index in [9.17, 15) is 39.9 Å². The lowest BCUT2D eigenvalue weighted by Gasteiger charge is -2.53. The molecule has 1 aromatic rings. The molecule has 178 valence electrons. The van der Waals surface area contributed by atoms with Crippen LogP contribution in [-0.2, 0) is 14.4 Å². The highest BCUT2D eigenvalue weighted by atomic mass is 16.4. The number of aromatic hydroxyl groups is 1. The van der Waals surface area contributed by atoms with Crippen LogP contribution in [0.1, 0.15) is 29.5 Å². The van der Waals surface area contributed by atoms with Crippen LogP contribution in [0.25, 0.3) is 5.76 Å². The number of aliphatic hydroxyl groups is 4. The van der Waals surface area contributed by atoms with Crippen LogP contribution in [0.5, 0.6) is 5.75 Å². The van der Waals surface area contributed by atoms with Crippen LogP contribution in [0, 0.1) is 24.2 Å². The van der Waals surface area contributed by atoms with Crippen molar-refractivity contribution in [3.63, 3.8) is 0 Å². The molecule has 6 atom stereocenters. The molecule has 4 rings (SSSR count). The van der Waals surface area contributed by atoms with Crippen LogP contribution in [0.4, 0.5) is 0 Å². The number of benzene rings is 1. The number of ketones is 2. The number of carbonyl (C=O) groups is 3. The summed E-state index contributed by atoms with van der Waals surface area (Å²) in [6.07, 6.45) is 3.76. The van der Waals surface area contributed by atoms with Crippen LogP contribution >= 0.6 is 0 Å². The maximum absolute atomic E-state index is 13.8. The number of likely N-dealkylation sites (N-methyl/N-ethyl adjacent to an activating group) is 1. The van der Waals surface area contributed by atoms with E-state index in [1.807, 2.05) is 0 Å². The highest BCUT2D eigenvalue weighted by Gasteiger charge is 2.68. The van der Waals surface area contributed by atoms with Crippen molar-refractivity contribution in [2.45, 2.75) is 30.6 Å². The summed E-state index contributed by atoms with van der Waals surface area (Å²) in [6, 6.07) is 1.62. The molecular weight excluding hydrogens is 444 g/mol. The maximum Gasteiger partial charge on any atom is 0.255 e. The molecule has 34 heavy (non-hydrogen) atoms. The van der Waals surface area contributed by atoms with E-state index in [1.165, 1.54) is 25.1 Å². The molecule has 0 radical (unpaired) electrons. The molecule has 1 amide bonds. The van der Waals surface area contributed by atoms with Gasteiger partial charge in [-0.25, -0.2) is 0 Å². The number of rotatable bonds is 2. The molecule has 10 nitrogen and oxygen atoms in total. The molecular formula is C24H24N2O8. The molecule has 1 fully saturated rings. The van der Waals surface area contributed by atoms with E-state index < -0.39 is 81.4 Å². The molecule has 0 aliphatic heterocycles. The van der Waals surface area contributed by atoms with Gasteiger partial charge in [0.25, 0.3) is 5.91 Å². The maximum atomic E-state index is 13.8. The average molecular weight is 468 g/mol. The number of hydrogen-bond donors (Lipinski definition) is 6. The minimum atomic E-state index is -2.94. The van der Waals surface area contributed by atoms with Gasteiger partial charge in [-0.1, -0.05) is 18.9 Å². The monoisotopic (exact) mass is 468 g/mol. The molecule has 3 aliphatic rings. The van der Waals surface area contributed by atoms with Crippen molar-refractivity contribution in [2.75, 3.05) is 14.1 Å². The predicted octanol–water partition coefficient (Wildman–Crippen LogP) is -0.523. The molecule has 3 aliphatic carbocycles. The lowest BCUT2D eigenvalue weighted by atomic mass is 9.54. The molecule has 1 saturated carbocycles. The molecule has 10 heteroatoms. The normalized spacial score (nSPS) is 32.8. The summed E-state index contributed by atoms with van der Waals surface area (Å²) in [4.78, 5) is 40.2. The second kappa shape index (κ2) is 7.43. The van der Waals surface area contributed by atoms with Gasteiger partial charge in [-0.3, -0.25) is 19.3 Å². The summed E-state index contributed by atoms with van der Waals surface area (Å²) in [6.45, 7) is 1.64. The van der Waals surface area contributed by atoms with Gasteiger partial charge in [0.15, 0.2) is 11.4 Å². The first-order valence-corrected chi connectivity index (χ1v) is 10.5. The van der Waals surface area contributed by atoms with Gasteiger partial charge < -0.3 is 31.3 Å². The predicted molar refractivity (Wildman–Crippen MR) is 118 cm³/mol. The Labute approximate surface area is 194 Å². The van der Waals surface area contributed by atoms with Gasteiger partial charge in [0, 0.05) is 11.5 Å². The van der Waals surface area contributed by atoms with E-state index in [1.54, 1.807) is 13.0 Å². The number of phenols is 1. The highest BCUT2D eigenvalue weighted by molar-refractivity contribution is 6.24. The number of terminal acetylenes is 1. The molecule has 0 bridgehead atoms. The third-order valence-corrected chi connectivity index (χ3v) is 7.28. The van der Waals surface area contributed by atoms with Crippen LogP contribution < -0.4 is 5.73 Å². The summed E-state index contributed by atoms with van der Waals surface area (Å²) in [5, 5.41) is 55.6. The third kappa shape index (κ3) is 2.66. The minimum Gasteiger partial charge on any atom is -0.508 e. The Bertz CT molecular complexity index is 1270. The third-order valence-electron chi connectivity index (χ3n) is 7.28. The van der Waals surface area contributed by atoms with Crippen molar-refractivity contribution in [1.29, 1.82) is 0 Å². The zero-order valence-electron chi connectivity index (χ0n) is 18.6. The van der Waals surface area contributed by atoms with E-state index in [2.05, 4.69) is 5.92 Å². The number of aliphatic hydroxyl groups excluding tert-OH is 3. The van der Waals surface area contributed by atoms with Gasteiger partial charge in [0.05, 0.1) is 29.2 Å². The molecule has 0 saturated heterocycles. The number of hydrogen-bond acceptors (Lipinski definition) is 9. The highest BCUT2D eigenvalue weighted by Crippen LogP contribution is 2.56. The minimum absolute atomic E-state index is 0.0478. The Morgan fingerprint density at radius 3 is 2.35 bits per heavy atom. The number of nitrogens with two attached hydrogens (primary N) is 1. The summed E-state index contributed by atoms with van der Waals surface area (Å²) in [5.74, 6) is -7.11. The Morgan fingerprint density at radius 2 is 1.82 bits per heavy atom. The number of Topliss-reactive ketones (excluding diaryl/α,β-unsaturated/α-hetero) is 2. The fraction of sp³-hybridized carbons (Fsp3) is 0.375. The van der Waals surface area contributed by atoms with Crippen molar-refractivity contribution in [3.05, 3.63) is 45.7 Å². The van der Waals surface area contributed by atoms with Gasteiger partial charge in [0.2, 0.25) is 5.78 Å². The van der Waals surface area contributed by atoms with E-state index in [0.29, 0.717) is 5.56 Å². The Kier molecular flexibility index (Phi) is 5.14. The Hall–Kier alpha value is -3.65. The van der Waals surface area contributed by atoms with Crippen molar-refractivity contribution in [3.8, 4) is 18.1 Å². The smallest absolute Gasteiger partial charge is 0.255 e. The van der Waals surface area contributed by atoms with E-state index in [0.717, 1.165) is 0 Å². The zero-order chi connectivity index (χ0) is 25.4. The fourth-order valence-corrected chi connectivity index (χ4v) is 5.73. The van der Waals surface area contributed by atoms with Crippen LogP contribution in [0.3, 0.4) is 0 Å². The van der Waals surface area contributed by atoms with Crippen molar-refractivity contribution < 1.29 is 39.9 Å². The number of phenolic OH excluding ortho intramolecular Hbond substituents is 1. The topological polar surface area (TPSA) is 182 Å². The summed E-state index contributed by atoms with van der Waals surface area (Å²) in [5.41, 5.74) is 1.22. The summed E-state index contributed by atoms with van der Waals surface area (Å²) in [7, 11) is 2.89. The Morgan fingerprint density at radius 1 is 1.21 bits per heavy atom. The van der Waals surface area contributed by atoms with Gasteiger partial charge >= 0.3 is 0 Å². The second-order valence-electron chi connectivity index (χ2n) is 9.12. The number of amides is 1. The van der Waals surface area contributed by atoms with Gasteiger partial charge in [-0.05, 0) is 31.6 Å². The first-order chi connectivity index (χ1) is 15.8. The van der Waals surface area contributed by atoms with E-state index >= 15 is 0 Å². The van der Waals surface area contributed by atoms with Crippen molar-refractivity contribution in [1.82, 2.24) is 4.90 Å². The lowest BCUT2D eigenvalue weighted by Crippen LogP contribution is -2.70. The number of carbonyl (C=O) groups excluding carboxylic acids is 3. The molecule has 1 aromatic carbocycles. The number of primary amides is 1. The molecule has 3 unspecified atom stereocenters. The lowest BCUT2D eigenvalue weighted by molar-refractivity contribution is -0.169. The second-order valence-corrected chi connectivity index (χ2v) is 9.12. The molecule has 0 spiro atoms. The quantitative estimate of drug-likeness (QED) is 0.246. The van der Waals surface area contributed by atoms with Gasteiger partial charge in [-0.15, -0.1) is 6.42 Å². The summed E-state index contributed by atoms with van der Waals surface area (Å²) < 4.78 is 0. The number of nitrogens with zero attached hydrogens (tertiary/aromatic N) is 1. The Balaban J connectivity index is 2.08. The van der Waals surface area contributed by atoms with E-state index in [-0.39, 0.29) is 11.1 Å². The van der Waals surface area contributed by atoms with Crippen LogP contribution in [0.15, 0.2) is 29.0 Å². The largest absolute Gasteiger partial charge is 0.508 e. The first-order valence-electron chi connectivity index (χ1n) is 10.5. The summed E-state index contributed by atoms with van der Waals surface area (Å²) >= 11 is 0. The number of fused-ring (bicyclic) bond motifs is 3. The van der Waals surface area contributed by atoms with Crippen LogP contribution in [0.2, 0.25) is 0 Å². The SMILES string of the molecule is C#Cc1ccc2c(c1O)C(O)=C1C(=O)[C@]3(O)C(O)=C(C(N)=O)C(=O)[C@@H](N(C)C)C3C(O)C1[C@H]2C. The van der Waals surface area contributed by atoms with E-state index in [4.69, 9.17) is 12.2 Å². The van der Waals surface area contributed by atoms with Crippen LogP contribution in [-0.4, -0.2) is 79.7 Å². The van der Waals surface area contributed by atoms with Crippen molar-refractivity contribution in [2.24, 2.45) is 17.6 Å². The van der Waals surface area contributed by atoms with Gasteiger partial charge in [0.1, 0.15) is 22.8 Å². The van der Waals surface area contributed by atoms with Crippen molar-refractivity contribution >= 4 is 23.2 Å². The molecule has 7 N–H and O–H groups in total. The fourth-order valence-electron chi connectivity index (χ4n) is 5.73. The average Bonchev–Trinajstić information content (AvgIpc) is 2.75. The standard InChI is InChI=1S/C24H24N2O8/c1-5-9-6-7-10-8(2)11-13(18(28)12(10)17(9)27)21(31)24(34)15(19(11)29)16(26(3)4)20(30)14(22(24)32)23(25)33/h1,6-8,11,15-16,19,27-29,32,34H,2-4H3,(H2,25,33)/t8-,11?,15?,16-,19?,24-/m0/s1. The zero-order valence-corrected chi connectivity index (χ0v) is 18.6. The van der Waals surface area contributed by atoms with Gasteiger partial charge in [-0.2, -0.15) is 0 Å². The molecule has 0 heterocycles. The first kappa shape index (κ1) is 23.5. The molecule has 0 aromatic heterocycles.